The van der Waals surface area contributed by atoms with Crippen molar-refractivity contribution in [2.24, 2.45) is 0 Å². The van der Waals surface area contributed by atoms with Crippen LogP contribution in [0.5, 0.6) is 11.5 Å². The Morgan fingerprint density at radius 1 is 1.08 bits per heavy atom. The first-order valence-corrected chi connectivity index (χ1v) is 9.02. The van der Waals surface area contributed by atoms with Crippen molar-refractivity contribution in [3.63, 3.8) is 0 Å². The third-order valence-corrected chi connectivity index (χ3v) is 4.32. The maximum absolute atomic E-state index is 12.5. The Balaban J connectivity index is 2.17. The van der Waals surface area contributed by atoms with Crippen molar-refractivity contribution in [1.29, 1.82) is 0 Å². The average molecular weight is 406 g/mol. The second kappa shape index (κ2) is 8.39. The fraction of sp³-hybridized carbons (Fsp3) is 0.350. The summed E-state index contributed by atoms with van der Waals surface area (Å²) in [6, 6.07) is 11.2. The van der Waals surface area contributed by atoms with E-state index in [1.165, 1.54) is 0 Å². The molecular weight excluding hydrogens is 382 g/mol. The fourth-order valence-electron chi connectivity index (χ4n) is 2.54. The zero-order valence-corrected chi connectivity index (χ0v) is 16.8. The molecule has 1 unspecified atom stereocenters. The molecule has 2 rings (SSSR count). The van der Waals surface area contributed by atoms with Crippen molar-refractivity contribution in [1.82, 2.24) is 5.32 Å². The summed E-state index contributed by atoms with van der Waals surface area (Å²) >= 11 is 3.42. The van der Waals surface area contributed by atoms with Gasteiger partial charge in [0.1, 0.15) is 0 Å². The van der Waals surface area contributed by atoms with Crippen molar-refractivity contribution in [3.8, 4) is 11.5 Å². The molecule has 0 aliphatic carbocycles. The molecule has 1 amide bonds. The van der Waals surface area contributed by atoms with E-state index < -0.39 is 0 Å². The van der Waals surface area contributed by atoms with Gasteiger partial charge < -0.3 is 14.8 Å². The maximum atomic E-state index is 12.5. The highest BCUT2D eigenvalue weighted by atomic mass is 79.9. The minimum Gasteiger partial charge on any atom is -0.493 e. The molecule has 0 saturated heterocycles. The smallest absolute Gasteiger partial charge is 0.252 e. The number of amides is 1. The molecule has 0 heterocycles. The van der Waals surface area contributed by atoms with Gasteiger partial charge in [-0.25, -0.2) is 0 Å². The Hall–Kier alpha value is -2.01. The van der Waals surface area contributed by atoms with Gasteiger partial charge in [-0.1, -0.05) is 22.0 Å². The van der Waals surface area contributed by atoms with Gasteiger partial charge in [0, 0.05) is 10.0 Å². The number of aryl methyl sites for hydroxylation is 1. The Kier molecular flexibility index (Phi) is 6.48. The monoisotopic (exact) mass is 405 g/mol. The van der Waals surface area contributed by atoms with Crippen molar-refractivity contribution < 1.29 is 14.3 Å². The summed E-state index contributed by atoms with van der Waals surface area (Å²) in [4.78, 5) is 12.5. The van der Waals surface area contributed by atoms with Crippen molar-refractivity contribution in [2.75, 3.05) is 7.11 Å². The van der Waals surface area contributed by atoms with Crippen LogP contribution in [0.1, 0.15) is 48.3 Å². The lowest BCUT2D eigenvalue weighted by Gasteiger charge is -2.18. The molecule has 0 aliphatic heterocycles. The topological polar surface area (TPSA) is 47.6 Å². The molecule has 0 aromatic heterocycles. The summed E-state index contributed by atoms with van der Waals surface area (Å²) in [7, 11) is 1.61. The standard InChI is InChI=1S/C20H24BrNO3/c1-12(2)25-18-9-6-15(11-19(18)24-5)14(4)22-20(23)17-8-7-16(21)10-13(17)3/h6-12,14H,1-5H3,(H,22,23). The number of carbonyl (C=O) groups excluding carboxylic acids is 1. The summed E-state index contributed by atoms with van der Waals surface area (Å²) in [5.74, 6) is 1.26. The normalized spacial score (nSPS) is 12.0. The number of benzene rings is 2. The van der Waals surface area contributed by atoms with E-state index in [1.54, 1.807) is 7.11 Å². The van der Waals surface area contributed by atoms with Gasteiger partial charge in [0.15, 0.2) is 11.5 Å². The van der Waals surface area contributed by atoms with Crippen LogP contribution in [0.3, 0.4) is 0 Å². The predicted molar refractivity (Wildman–Crippen MR) is 104 cm³/mol. The zero-order chi connectivity index (χ0) is 18.6. The van der Waals surface area contributed by atoms with Crippen molar-refractivity contribution in [2.45, 2.75) is 39.8 Å². The van der Waals surface area contributed by atoms with E-state index in [2.05, 4.69) is 21.2 Å². The van der Waals surface area contributed by atoms with Crippen LogP contribution in [0.2, 0.25) is 0 Å². The van der Waals surface area contributed by atoms with E-state index in [1.807, 2.05) is 64.1 Å². The van der Waals surface area contributed by atoms with Gasteiger partial charge in [0.2, 0.25) is 0 Å². The molecule has 0 spiro atoms. The number of carbonyl (C=O) groups is 1. The van der Waals surface area contributed by atoms with Gasteiger partial charge in [0.25, 0.3) is 5.91 Å². The Morgan fingerprint density at radius 2 is 1.80 bits per heavy atom. The van der Waals surface area contributed by atoms with Crippen LogP contribution in [0.15, 0.2) is 40.9 Å². The van der Waals surface area contributed by atoms with Crippen LogP contribution >= 0.6 is 15.9 Å². The predicted octanol–water partition coefficient (Wildman–Crippen LogP) is 5.04. The van der Waals surface area contributed by atoms with Crippen molar-refractivity contribution >= 4 is 21.8 Å². The molecule has 0 fully saturated rings. The molecule has 2 aromatic carbocycles. The molecule has 0 radical (unpaired) electrons. The lowest BCUT2D eigenvalue weighted by atomic mass is 10.1. The van der Waals surface area contributed by atoms with Crippen LogP contribution in [-0.4, -0.2) is 19.1 Å². The molecule has 4 nitrogen and oxygen atoms in total. The maximum Gasteiger partial charge on any atom is 0.252 e. The quantitative estimate of drug-likeness (QED) is 0.731. The second-order valence-corrected chi connectivity index (χ2v) is 7.15. The highest BCUT2D eigenvalue weighted by Crippen LogP contribution is 2.31. The highest BCUT2D eigenvalue weighted by molar-refractivity contribution is 9.10. The summed E-state index contributed by atoms with van der Waals surface area (Å²) in [6.45, 7) is 7.81. The van der Waals surface area contributed by atoms with Crippen LogP contribution in [0, 0.1) is 6.92 Å². The fourth-order valence-corrected chi connectivity index (χ4v) is 3.02. The lowest BCUT2D eigenvalue weighted by Crippen LogP contribution is -2.27. The van der Waals surface area contributed by atoms with E-state index >= 15 is 0 Å². The number of hydrogen-bond donors (Lipinski definition) is 1. The molecule has 5 heteroatoms. The minimum atomic E-state index is -0.155. The second-order valence-electron chi connectivity index (χ2n) is 6.23. The number of methoxy groups -OCH3 is 1. The molecule has 0 bridgehead atoms. The Bertz CT molecular complexity index is 759. The molecular formula is C20H24BrNO3. The first kappa shape index (κ1) is 19.3. The highest BCUT2D eigenvalue weighted by Gasteiger charge is 2.16. The SMILES string of the molecule is COc1cc(C(C)NC(=O)c2ccc(Br)cc2C)ccc1OC(C)C. The summed E-state index contributed by atoms with van der Waals surface area (Å²) in [6.07, 6.45) is 0.0669. The minimum absolute atomic E-state index is 0.0669. The first-order chi connectivity index (χ1) is 11.8. The van der Waals surface area contributed by atoms with Gasteiger partial charge in [-0.2, -0.15) is 0 Å². The molecule has 2 aromatic rings. The third-order valence-electron chi connectivity index (χ3n) is 3.83. The first-order valence-electron chi connectivity index (χ1n) is 8.23. The van der Waals surface area contributed by atoms with E-state index in [-0.39, 0.29) is 18.1 Å². The molecule has 1 atom stereocenters. The number of rotatable bonds is 6. The van der Waals surface area contributed by atoms with Gasteiger partial charge in [-0.15, -0.1) is 0 Å². The largest absolute Gasteiger partial charge is 0.493 e. The Morgan fingerprint density at radius 3 is 2.40 bits per heavy atom. The summed E-state index contributed by atoms with van der Waals surface area (Å²) in [5.41, 5.74) is 2.55. The number of ether oxygens (including phenoxy) is 2. The molecule has 134 valence electrons. The average Bonchev–Trinajstić information content (AvgIpc) is 2.54. The molecule has 1 N–H and O–H groups in total. The van der Waals surface area contributed by atoms with Crippen molar-refractivity contribution in [3.05, 3.63) is 57.6 Å². The summed E-state index contributed by atoms with van der Waals surface area (Å²) < 4.78 is 12.1. The number of hydrogen-bond acceptors (Lipinski definition) is 3. The van der Waals surface area contributed by atoms with E-state index in [0.717, 1.165) is 15.6 Å². The molecule has 25 heavy (non-hydrogen) atoms. The van der Waals surface area contributed by atoms with Gasteiger partial charge >= 0.3 is 0 Å². The van der Waals surface area contributed by atoms with Crippen LogP contribution in [0.4, 0.5) is 0 Å². The number of nitrogens with one attached hydrogen (secondary N) is 1. The zero-order valence-electron chi connectivity index (χ0n) is 15.2. The van der Waals surface area contributed by atoms with E-state index in [4.69, 9.17) is 9.47 Å². The number of halogens is 1. The Labute approximate surface area is 157 Å². The van der Waals surface area contributed by atoms with Crippen LogP contribution in [0.25, 0.3) is 0 Å². The summed E-state index contributed by atoms with van der Waals surface area (Å²) in [5, 5.41) is 3.03. The molecule has 0 aliphatic rings. The van der Waals surface area contributed by atoms with Gasteiger partial charge in [-0.3, -0.25) is 4.79 Å². The third kappa shape index (κ3) is 4.98. The van der Waals surface area contributed by atoms with E-state index in [9.17, 15) is 4.79 Å². The van der Waals surface area contributed by atoms with E-state index in [0.29, 0.717) is 17.1 Å². The van der Waals surface area contributed by atoms with Gasteiger partial charge in [0.05, 0.1) is 19.3 Å². The van der Waals surface area contributed by atoms with Crippen LogP contribution in [-0.2, 0) is 0 Å². The lowest BCUT2D eigenvalue weighted by molar-refractivity contribution is 0.0939. The van der Waals surface area contributed by atoms with Gasteiger partial charge in [-0.05, 0) is 69.2 Å². The molecule has 0 saturated carbocycles. The van der Waals surface area contributed by atoms with Crippen LogP contribution < -0.4 is 14.8 Å².